The van der Waals surface area contributed by atoms with Gasteiger partial charge in [0.1, 0.15) is 24.7 Å². The molecule has 21 atom stereocenters. The van der Waals surface area contributed by atoms with E-state index in [2.05, 4.69) is 16.4 Å². The number of carboxylic acids is 1. The van der Waals surface area contributed by atoms with Crippen molar-refractivity contribution < 1.29 is 89.9 Å². The molecular weight excluding hydrogens is 1030 g/mol. The molecule has 2 bridgehead atoms. The Bertz CT molecular complexity index is 1940. The maximum atomic E-state index is 14.3. The van der Waals surface area contributed by atoms with Gasteiger partial charge in [0.15, 0.2) is 11.7 Å². The van der Waals surface area contributed by atoms with Gasteiger partial charge in [-0.25, -0.2) is 0 Å². The maximum Gasteiger partial charge on any atom is 0.317 e. The number of carbonyl (C=O) groups excluding carboxylic acids is 2. The summed E-state index contributed by atoms with van der Waals surface area (Å²) in [5.74, 6) is -9.80. The molecule has 0 saturated carbocycles. The molecule has 15 N–H and O–H groups in total. The summed E-state index contributed by atoms with van der Waals surface area (Å²) < 4.78 is 17.7. The van der Waals surface area contributed by atoms with Crippen molar-refractivity contribution in [3.8, 4) is 0 Å². The number of nitrogens with two attached hydrogens (primary N) is 1. The molecule has 0 spiro atoms. The number of rotatable bonds is 12. The van der Waals surface area contributed by atoms with E-state index in [0.717, 1.165) is 31.3 Å². The lowest BCUT2D eigenvalue weighted by molar-refractivity contribution is -0.333. The zero-order chi connectivity index (χ0) is 59.9. The number of unbranched alkanes of at least 4 members (excludes halogenated alkanes) is 3. The van der Waals surface area contributed by atoms with Gasteiger partial charge in [-0.05, 0) is 121 Å². The van der Waals surface area contributed by atoms with E-state index in [-0.39, 0.29) is 56.8 Å². The Balaban J connectivity index is 2.52. The molecular formula is C58H103N3O18. The number of ether oxygens (including phenoxy) is 3. The number of aliphatic hydroxyl groups is 11. The molecule has 0 aromatic carbocycles. The molecule has 79 heavy (non-hydrogen) atoms. The van der Waals surface area contributed by atoms with E-state index in [1.165, 1.54) is 19.1 Å². The Morgan fingerprint density at radius 3 is 2.10 bits per heavy atom. The van der Waals surface area contributed by atoms with Crippen LogP contribution in [0, 0.1) is 41.4 Å². The van der Waals surface area contributed by atoms with Gasteiger partial charge in [0.25, 0.3) is 0 Å². The number of hydrogen-bond donors (Lipinski definition) is 14. The quantitative estimate of drug-likeness (QED) is 0.0333. The second-order valence-corrected chi connectivity index (χ2v) is 23.4. The number of allylic oxidation sites excluding steroid dienone is 3. The molecule has 0 aromatic heterocycles. The van der Waals surface area contributed by atoms with Gasteiger partial charge < -0.3 is 86.5 Å². The van der Waals surface area contributed by atoms with E-state index < -0.39 is 145 Å². The molecule has 21 nitrogen and oxygen atoms in total. The molecule has 458 valence electrons. The fourth-order valence-corrected chi connectivity index (χ4v) is 10.5. The predicted molar refractivity (Wildman–Crippen MR) is 298 cm³/mol. The van der Waals surface area contributed by atoms with Crippen molar-refractivity contribution in [1.29, 1.82) is 0 Å². The molecule has 21 unspecified atom stereocenters. The molecule has 2 aliphatic rings. The Labute approximate surface area is 469 Å². The minimum Gasteiger partial charge on any atom is -0.481 e. The number of cyclic esters (lactones) is 1. The van der Waals surface area contributed by atoms with Crippen molar-refractivity contribution in [2.45, 2.75) is 250 Å². The van der Waals surface area contributed by atoms with Gasteiger partial charge in [0, 0.05) is 50.6 Å². The summed E-state index contributed by atoms with van der Waals surface area (Å²) in [5.41, 5.74) is 7.37. The molecule has 2 rings (SSSR count). The van der Waals surface area contributed by atoms with Gasteiger partial charge in [0.2, 0.25) is 0 Å². The molecule has 0 radical (unpaired) electrons. The van der Waals surface area contributed by atoms with Gasteiger partial charge in [0.05, 0.1) is 67.0 Å². The first-order chi connectivity index (χ1) is 36.9. The SMILES string of the molecule is CN=C(N)NCCCCCC=C(C)CC(C)C1OC(=O)C(C)C(OC(=O)CC(=O)O)C=CC(C)C(O)CC(O)C(C)C(O)CCC(C)C(O)CC2(O)OC(CC(O)CC(O)CC(O)C(C)C(O)C(C)=CCCC1C)CC(O)C2O. The average molecular weight is 1130 g/mol. The highest BCUT2D eigenvalue weighted by Gasteiger charge is 2.50. The molecule has 2 heterocycles. The van der Waals surface area contributed by atoms with Crippen LogP contribution in [0.15, 0.2) is 40.4 Å². The topological polar surface area (TPSA) is 372 Å². The lowest BCUT2D eigenvalue weighted by Gasteiger charge is -2.45. The number of aliphatic imine (C=N–C) groups is 1. The summed E-state index contributed by atoms with van der Waals surface area (Å²) >= 11 is 0. The lowest BCUT2D eigenvalue weighted by atomic mass is 9.83. The number of carboxylic acid groups (broad SMARTS) is 1. The van der Waals surface area contributed by atoms with Gasteiger partial charge in [-0.1, -0.05) is 71.8 Å². The Morgan fingerprint density at radius 1 is 0.810 bits per heavy atom. The number of aliphatic carboxylic acids is 1. The number of fused-ring (bicyclic) bond motifs is 2. The molecule has 1 fully saturated rings. The first-order valence-electron chi connectivity index (χ1n) is 28.7. The van der Waals surface area contributed by atoms with Crippen molar-refractivity contribution in [2.24, 2.45) is 52.2 Å². The number of nitrogens with one attached hydrogen (secondary N) is 1. The molecule has 21 heteroatoms. The summed E-state index contributed by atoms with van der Waals surface area (Å²) in [7, 11) is 1.62. The standard InChI is InChI=1S/C58H103N3O18/c1-32(16-13-11-12-14-23-61-57(59)60-10)24-37(6)54-36(5)18-15-17-35(4)53(73)39(8)46(66)27-42(63)25-41(62)26-43-28-48(68)55(74)58(76,79-43)31-49(69)34(3)19-21-44(64)38(7)47(67)29-45(65)33(2)20-22-50(40(9)56(75)78-54)77-52(72)30-51(70)71/h16-17,20,22,33-34,36-50,53-55,62-69,73-74,76H,11-15,18-19,21,23-31H2,1-10H3,(H,70,71)(H3,59,60,61). The highest BCUT2D eigenvalue weighted by Crippen LogP contribution is 2.36. The van der Waals surface area contributed by atoms with Crippen molar-refractivity contribution in [3.63, 3.8) is 0 Å². The summed E-state index contributed by atoms with van der Waals surface area (Å²) in [6.45, 7) is 16.4. The fraction of sp³-hybridized carbons (Fsp3) is 0.828. The highest BCUT2D eigenvalue weighted by molar-refractivity contribution is 5.90. The minimum absolute atomic E-state index is 0.0732. The van der Waals surface area contributed by atoms with E-state index in [4.69, 9.17) is 19.9 Å². The first kappa shape index (κ1) is 71.5. The Kier molecular flexibility index (Phi) is 32.1. The van der Waals surface area contributed by atoms with Gasteiger partial charge in [-0.2, -0.15) is 0 Å². The normalized spacial score (nSPS) is 38.1. The van der Waals surface area contributed by atoms with Crippen molar-refractivity contribution in [3.05, 3.63) is 35.5 Å². The molecule has 0 aromatic rings. The van der Waals surface area contributed by atoms with Crippen LogP contribution in [0.5, 0.6) is 0 Å². The monoisotopic (exact) mass is 1130 g/mol. The number of guanidine groups is 1. The predicted octanol–water partition coefficient (Wildman–Crippen LogP) is 3.28. The zero-order valence-corrected chi connectivity index (χ0v) is 48.7. The number of esters is 2. The maximum absolute atomic E-state index is 14.3. The smallest absolute Gasteiger partial charge is 0.317 e. The summed E-state index contributed by atoms with van der Waals surface area (Å²) in [5, 5.41) is 135. The minimum atomic E-state index is -2.43. The van der Waals surface area contributed by atoms with Gasteiger partial charge in [-0.15, -0.1) is 0 Å². The fourth-order valence-electron chi connectivity index (χ4n) is 10.5. The van der Waals surface area contributed by atoms with Crippen LogP contribution in [-0.2, 0) is 28.6 Å². The largest absolute Gasteiger partial charge is 0.481 e. The molecule has 1 saturated heterocycles. The van der Waals surface area contributed by atoms with Crippen molar-refractivity contribution in [2.75, 3.05) is 13.6 Å². The van der Waals surface area contributed by atoms with Crippen LogP contribution in [0.1, 0.15) is 165 Å². The molecule has 0 amide bonds. The van der Waals surface area contributed by atoms with E-state index in [1.54, 1.807) is 41.7 Å². The van der Waals surface area contributed by atoms with Crippen LogP contribution in [0.3, 0.4) is 0 Å². The first-order valence-corrected chi connectivity index (χ1v) is 28.7. The molecule has 2 aliphatic heterocycles. The Morgan fingerprint density at radius 2 is 1.46 bits per heavy atom. The van der Waals surface area contributed by atoms with Crippen molar-refractivity contribution in [1.82, 2.24) is 5.32 Å². The lowest BCUT2D eigenvalue weighted by Crippen LogP contribution is -2.59. The molecule has 0 aliphatic carbocycles. The average Bonchev–Trinajstić information content (AvgIpc) is 3.39. The highest BCUT2D eigenvalue weighted by atomic mass is 16.7. The summed E-state index contributed by atoms with van der Waals surface area (Å²) in [6, 6.07) is 0. The van der Waals surface area contributed by atoms with E-state index in [1.807, 2.05) is 26.8 Å². The third-order valence-corrected chi connectivity index (χ3v) is 16.3. The number of nitrogens with zero attached hydrogens (tertiary/aromatic N) is 1. The number of aliphatic hydroxyl groups excluding tert-OH is 10. The summed E-state index contributed by atoms with van der Waals surface area (Å²) in [6.07, 6.45) is -6.20. The van der Waals surface area contributed by atoms with Crippen LogP contribution in [0.4, 0.5) is 0 Å². The second-order valence-electron chi connectivity index (χ2n) is 23.4. The number of carbonyl (C=O) groups is 3. The van der Waals surface area contributed by atoms with Crippen LogP contribution in [-0.4, -0.2) is 184 Å². The van der Waals surface area contributed by atoms with E-state index in [0.29, 0.717) is 37.3 Å². The van der Waals surface area contributed by atoms with Gasteiger partial charge >= 0.3 is 17.9 Å². The summed E-state index contributed by atoms with van der Waals surface area (Å²) in [4.78, 5) is 42.5. The van der Waals surface area contributed by atoms with Crippen LogP contribution in [0.2, 0.25) is 0 Å². The third kappa shape index (κ3) is 25.2. The van der Waals surface area contributed by atoms with E-state index >= 15 is 0 Å². The van der Waals surface area contributed by atoms with Crippen LogP contribution < -0.4 is 11.1 Å². The Hall–Kier alpha value is -3.58. The van der Waals surface area contributed by atoms with Gasteiger partial charge in [-0.3, -0.25) is 19.4 Å². The van der Waals surface area contributed by atoms with E-state index in [9.17, 15) is 75.7 Å². The third-order valence-electron chi connectivity index (χ3n) is 16.3. The van der Waals surface area contributed by atoms with Crippen LogP contribution in [0.25, 0.3) is 0 Å². The second kappa shape index (κ2) is 35.4. The van der Waals surface area contributed by atoms with Crippen LogP contribution >= 0.6 is 0 Å². The number of hydrogen-bond acceptors (Lipinski definition) is 18. The van der Waals surface area contributed by atoms with Crippen molar-refractivity contribution >= 4 is 23.9 Å². The zero-order valence-electron chi connectivity index (χ0n) is 48.7.